The highest BCUT2D eigenvalue weighted by Gasteiger charge is 2.51. The number of rotatable bonds is 3. The molecule has 0 unspecified atom stereocenters. The molecule has 0 spiro atoms. The van der Waals surface area contributed by atoms with Crippen molar-refractivity contribution >= 4 is 11.8 Å². The number of hydrogen-bond acceptors (Lipinski definition) is 2. The van der Waals surface area contributed by atoms with E-state index in [4.69, 9.17) is 0 Å². The summed E-state index contributed by atoms with van der Waals surface area (Å²) in [5.74, 6) is -0.196. The lowest BCUT2D eigenvalue weighted by Gasteiger charge is -2.26. The third-order valence-corrected chi connectivity index (χ3v) is 4.55. The van der Waals surface area contributed by atoms with Crippen molar-refractivity contribution in [2.45, 2.75) is 43.3 Å². The van der Waals surface area contributed by atoms with Gasteiger partial charge in [0, 0.05) is 19.0 Å². The van der Waals surface area contributed by atoms with E-state index >= 15 is 0 Å². The number of carbonyl (C=O) groups excluding carboxylic acids is 2. The van der Waals surface area contributed by atoms with Crippen molar-refractivity contribution in [2.75, 3.05) is 6.54 Å². The maximum absolute atomic E-state index is 12.6. The van der Waals surface area contributed by atoms with Crippen LogP contribution in [-0.2, 0) is 21.2 Å². The van der Waals surface area contributed by atoms with Crippen LogP contribution in [0.5, 0.6) is 0 Å². The van der Waals surface area contributed by atoms with Crippen LogP contribution >= 0.6 is 0 Å². The van der Waals surface area contributed by atoms with Gasteiger partial charge in [-0.05, 0) is 37.0 Å². The summed E-state index contributed by atoms with van der Waals surface area (Å²) in [6.07, 6.45) is -2.16. The molecule has 1 atom stereocenters. The fourth-order valence-electron chi connectivity index (χ4n) is 2.93. The molecule has 2 N–H and O–H groups in total. The number of nitrogens with one attached hydrogen (secondary N) is 2. The summed E-state index contributed by atoms with van der Waals surface area (Å²) in [5.41, 5.74) is -0.818. The van der Waals surface area contributed by atoms with E-state index in [1.165, 1.54) is 12.1 Å². The van der Waals surface area contributed by atoms with Crippen molar-refractivity contribution in [1.29, 1.82) is 0 Å². The summed E-state index contributed by atoms with van der Waals surface area (Å²) in [4.78, 5) is 23.6. The second-order valence-corrected chi connectivity index (χ2v) is 6.17. The van der Waals surface area contributed by atoms with Crippen LogP contribution in [0.25, 0.3) is 0 Å². The highest BCUT2D eigenvalue weighted by molar-refractivity contribution is 5.91. The van der Waals surface area contributed by atoms with Crippen LogP contribution in [-0.4, -0.2) is 24.4 Å². The van der Waals surface area contributed by atoms with E-state index in [1.54, 1.807) is 0 Å². The average molecular weight is 326 g/mol. The van der Waals surface area contributed by atoms with Crippen molar-refractivity contribution in [3.63, 3.8) is 0 Å². The van der Waals surface area contributed by atoms with Gasteiger partial charge in [-0.25, -0.2) is 0 Å². The third-order valence-electron chi connectivity index (χ3n) is 4.55. The van der Waals surface area contributed by atoms with Crippen molar-refractivity contribution in [3.8, 4) is 0 Å². The van der Waals surface area contributed by atoms with Crippen LogP contribution in [0.3, 0.4) is 0 Å². The molecule has 1 aliphatic heterocycles. The molecule has 23 heavy (non-hydrogen) atoms. The lowest BCUT2D eigenvalue weighted by atomic mass is 9.93. The summed E-state index contributed by atoms with van der Waals surface area (Å²) in [5, 5.41) is 5.60. The first-order valence-corrected chi connectivity index (χ1v) is 7.57. The van der Waals surface area contributed by atoms with Gasteiger partial charge < -0.3 is 10.6 Å². The van der Waals surface area contributed by atoms with E-state index in [-0.39, 0.29) is 17.9 Å². The minimum absolute atomic E-state index is 0.0284. The largest absolute Gasteiger partial charge is 0.416 e. The summed E-state index contributed by atoms with van der Waals surface area (Å²) in [6, 6.07) is 4.69. The minimum Gasteiger partial charge on any atom is -0.354 e. The predicted octanol–water partition coefficient (Wildman–Crippen LogP) is 2.13. The highest BCUT2D eigenvalue weighted by Crippen LogP contribution is 2.49. The summed E-state index contributed by atoms with van der Waals surface area (Å²) in [6.45, 7) is 0.396. The van der Waals surface area contributed by atoms with Crippen molar-refractivity contribution in [3.05, 3.63) is 35.4 Å². The molecular formula is C16H17F3N2O2. The number of piperidine rings is 1. The molecule has 2 fully saturated rings. The first kappa shape index (κ1) is 15.8. The number of amides is 2. The molecule has 2 amide bonds. The van der Waals surface area contributed by atoms with E-state index in [0.29, 0.717) is 37.8 Å². The standard InChI is InChI=1S/C16H17F3N2O2/c17-16(18,19)11-3-1-10(2-4-11)15(7-8-15)14(23)21-12-5-6-13(22)20-9-12/h1-4,12H,5-9H2,(H,20,22)(H,21,23)/t12-/m0/s1. The molecular weight excluding hydrogens is 309 g/mol. The Morgan fingerprint density at radius 1 is 1.22 bits per heavy atom. The zero-order chi connectivity index (χ0) is 16.7. The van der Waals surface area contributed by atoms with Gasteiger partial charge in [0.25, 0.3) is 0 Å². The zero-order valence-corrected chi connectivity index (χ0v) is 12.4. The Morgan fingerprint density at radius 2 is 1.87 bits per heavy atom. The van der Waals surface area contributed by atoms with Crippen molar-refractivity contribution in [1.82, 2.24) is 10.6 Å². The third kappa shape index (κ3) is 3.18. The van der Waals surface area contributed by atoms with Gasteiger partial charge in [0.15, 0.2) is 0 Å². The fraction of sp³-hybridized carbons (Fsp3) is 0.500. The second kappa shape index (κ2) is 5.54. The molecule has 0 bridgehead atoms. The highest BCUT2D eigenvalue weighted by atomic mass is 19.4. The number of benzene rings is 1. The van der Waals surface area contributed by atoms with Gasteiger partial charge in [-0.2, -0.15) is 13.2 Å². The smallest absolute Gasteiger partial charge is 0.354 e. The first-order valence-electron chi connectivity index (χ1n) is 7.57. The van der Waals surface area contributed by atoms with Crippen LogP contribution < -0.4 is 10.6 Å². The van der Waals surface area contributed by atoms with Crippen LogP contribution in [0.4, 0.5) is 13.2 Å². The molecule has 3 rings (SSSR count). The Labute approximate surface area is 131 Å². The number of halogens is 3. The van der Waals surface area contributed by atoms with Gasteiger partial charge in [-0.3, -0.25) is 9.59 Å². The Balaban J connectivity index is 1.69. The summed E-state index contributed by atoms with van der Waals surface area (Å²) >= 11 is 0. The normalized spacial score (nSPS) is 23.1. The minimum atomic E-state index is -4.38. The summed E-state index contributed by atoms with van der Waals surface area (Å²) < 4.78 is 37.9. The lowest BCUT2D eigenvalue weighted by Crippen LogP contribution is -2.50. The van der Waals surface area contributed by atoms with Crippen LogP contribution in [0.15, 0.2) is 24.3 Å². The van der Waals surface area contributed by atoms with Gasteiger partial charge in [0.1, 0.15) is 0 Å². The molecule has 1 saturated heterocycles. The van der Waals surface area contributed by atoms with Crippen molar-refractivity contribution < 1.29 is 22.8 Å². The molecule has 1 aromatic carbocycles. The van der Waals surface area contributed by atoms with E-state index in [1.807, 2.05) is 0 Å². The van der Waals surface area contributed by atoms with E-state index in [2.05, 4.69) is 10.6 Å². The molecule has 7 heteroatoms. The molecule has 1 heterocycles. The quantitative estimate of drug-likeness (QED) is 0.894. The maximum Gasteiger partial charge on any atom is 0.416 e. The molecule has 1 saturated carbocycles. The van der Waals surface area contributed by atoms with Gasteiger partial charge >= 0.3 is 6.18 Å². The van der Waals surface area contributed by atoms with Gasteiger partial charge in [-0.15, -0.1) is 0 Å². The Morgan fingerprint density at radius 3 is 2.35 bits per heavy atom. The number of alkyl halides is 3. The topological polar surface area (TPSA) is 58.2 Å². The maximum atomic E-state index is 12.6. The monoisotopic (exact) mass is 326 g/mol. The van der Waals surface area contributed by atoms with E-state index in [9.17, 15) is 22.8 Å². The van der Waals surface area contributed by atoms with Crippen LogP contribution in [0, 0.1) is 0 Å². The number of carbonyl (C=O) groups is 2. The molecule has 1 aromatic rings. The fourth-order valence-corrected chi connectivity index (χ4v) is 2.93. The van der Waals surface area contributed by atoms with Crippen LogP contribution in [0.2, 0.25) is 0 Å². The molecule has 0 radical (unpaired) electrons. The molecule has 2 aliphatic rings. The first-order chi connectivity index (χ1) is 10.8. The lowest BCUT2D eigenvalue weighted by molar-refractivity contribution is -0.137. The predicted molar refractivity (Wildman–Crippen MR) is 76.5 cm³/mol. The molecule has 4 nitrogen and oxygen atoms in total. The SMILES string of the molecule is O=C1CC[C@H](NC(=O)C2(c3ccc(C(F)(F)F)cc3)CC2)CN1. The second-order valence-electron chi connectivity index (χ2n) is 6.17. The molecule has 1 aliphatic carbocycles. The van der Waals surface area contributed by atoms with Crippen molar-refractivity contribution in [2.24, 2.45) is 0 Å². The van der Waals surface area contributed by atoms with E-state index < -0.39 is 17.2 Å². The molecule has 124 valence electrons. The molecule has 0 aromatic heterocycles. The summed E-state index contributed by atoms with van der Waals surface area (Å²) in [7, 11) is 0. The number of hydrogen-bond donors (Lipinski definition) is 2. The average Bonchev–Trinajstić information content (AvgIpc) is 3.31. The van der Waals surface area contributed by atoms with Gasteiger partial charge in [0.2, 0.25) is 11.8 Å². The Bertz CT molecular complexity index is 611. The zero-order valence-electron chi connectivity index (χ0n) is 12.4. The van der Waals surface area contributed by atoms with Gasteiger partial charge in [0.05, 0.1) is 11.0 Å². The van der Waals surface area contributed by atoms with E-state index in [0.717, 1.165) is 12.1 Å². The van der Waals surface area contributed by atoms with Gasteiger partial charge in [-0.1, -0.05) is 12.1 Å². The Kier molecular flexibility index (Phi) is 3.82. The van der Waals surface area contributed by atoms with Crippen LogP contribution in [0.1, 0.15) is 36.8 Å². The Hall–Kier alpha value is -2.05.